The minimum Gasteiger partial charge on any atom is -0.477 e. The molecule has 3 fully saturated rings. The van der Waals surface area contributed by atoms with Gasteiger partial charge in [-0.25, -0.2) is 4.79 Å². The number of amides is 2. The van der Waals surface area contributed by atoms with Gasteiger partial charge in [-0.3, -0.25) is 9.59 Å². The van der Waals surface area contributed by atoms with Crippen LogP contribution in [0.4, 0.5) is 0 Å². The van der Waals surface area contributed by atoms with Crippen LogP contribution in [0.1, 0.15) is 25.8 Å². The Morgan fingerprint density at radius 3 is 2.08 bits per heavy atom. The van der Waals surface area contributed by atoms with Crippen molar-refractivity contribution < 1.29 is 93.9 Å². The molecule has 0 saturated carbocycles. The fourth-order valence-electron chi connectivity index (χ4n) is 6.33. The molecule has 3 aliphatic rings. The summed E-state index contributed by atoms with van der Waals surface area (Å²) in [5.74, 6) is -6.02. The number of aliphatic carboxylic acids is 1. The van der Waals surface area contributed by atoms with Gasteiger partial charge in [0.2, 0.25) is 11.8 Å². The number of rotatable bonds is 15. The van der Waals surface area contributed by atoms with Gasteiger partial charge in [0.25, 0.3) is 5.79 Å². The number of carbonyl (C=O) groups excluding carboxylic acids is 2. The van der Waals surface area contributed by atoms with Crippen LogP contribution in [0, 0.1) is 0 Å². The standard InChI is InChI=1S/C32H48N2O19/c1-13(37)33-20-16(39)8-32(31(46)47,53-28(20)22(41)17(40)9-35)49-12-19-23(42)25(44)26(45)30(51-19)52-27-18(10-36)50-29(21(24(27)43)34-14(2)38)48-11-15-6-4-3-5-7-15/h3-7,16-30,35-36,39-45H,8-12H2,1-2H3,(H,33,37)(H,34,38)(H,46,47)/t16-,17+,18+,19+,20+,21+,22+,23-,24+,25-,26+,27+,28+,29-,30-,32+/m0/s1. The van der Waals surface area contributed by atoms with Gasteiger partial charge in [-0.2, -0.15) is 0 Å². The second kappa shape index (κ2) is 18.6. The Labute approximate surface area is 302 Å². The summed E-state index contributed by atoms with van der Waals surface area (Å²) in [6, 6.07) is 6.06. The summed E-state index contributed by atoms with van der Waals surface area (Å²) in [6.07, 6.45) is -24.1. The highest BCUT2D eigenvalue weighted by atomic mass is 16.8. The number of benzene rings is 1. The van der Waals surface area contributed by atoms with Gasteiger partial charge in [0.1, 0.15) is 67.1 Å². The lowest BCUT2D eigenvalue weighted by Crippen LogP contribution is -2.69. The molecule has 21 heteroatoms. The van der Waals surface area contributed by atoms with Crippen LogP contribution < -0.4 is 10.6 Å². The molecule has 21 nitrogen and oxygen atoms in total. The van der Waals surface area contributed by atoms with E-state index in [9.17, 15) is 65.4 Å². The monoisotopic (exact) mass is 764 g/mol. The minimum absolute atomic E-state index is 0.0115. The van der Waals surface area contributed by atoms with Crippen molar-refractivity contribution in [1.82, 2.24) is 10.6 Å². The highest BCUT2D eigenvalue weighted by Gasteiger charge is 2.57. The maximum atomic E-state index is 12.6. The molecule has 3 saturated heterocycles. The summed E-state index contributed by atoms with van der Waals surface area (Å²) in [5, 5.41) is 110. The Balaban J connectivity index is 1.52. The zero-order valence-electron chi connectivity index (χ0n) is 28.7. The van der Waals surface area contributed by atoms with E-state index in [1.54, 1.807) is 30.3 Å². The summed E-state index contributed by atoms with van der Waals surface area (Å²) >= 11 is 0. The van der Waals surface area contributed by atoms with Gasteiger partial charge in [-0.1, -0.05) is 30.3 Å². The van der Waals surface area contributed by atoms with Crippen molar-refractivity contribution in [2.24, 2.45) is 0 Å². The summed E-state index contributed by atoms with van der Waals surface area (Å²) in [5.41, 5.74) is 0.727. The fourth-order valence-corrected chi connectivity index (χ4v) is 6.33. The Morgan fingerprint density at radius 1 is 0.868 bits per heavy atom. The van der Waals surface area contributed by atoms with E-state index in [4.69, 9.17) is 28.4 Å². The maximum Gasteiger partial charge on any atom is 0.364 e. The largest absolute Gasteiger partial charge is 0.477 e. The molecule has 53 heavy (non-hydrogen) atoms. The SMILES string of the molecule is CC(=O)N[C@H]1[C@@H](OCc2ccccc2)O[C@H](CO)[C@@H](O[C@@H]2O[C@H](CO[C@]3(C(=O)O)C[C@H](O)[C@@H](NC(C)=O)[C@H]([C@H](O)[C@H](O)CO)O3)[C@H](O)[C@H](O)[C@H]2O)[C@@H]1O. The minimum atomic E-state index is -2.84. The van der Waals surface area contributed by atoms with Crippen molar-refractivity contribution in [3.63, 3.8) is 0 Å². The van der Waals surface area contributed by atoms with Crippen LogP contribution >= 0.6 is 0 Å². The molecule has 3 aliphatic heterocycles. The molecular formula is C32H48N2O19. The average Bonchev–Trinajstić information content (AvgIpc) is 3.12. The zero-order chi connectivity index (χ0) is 39.2. The van der Waals surface area contributed by atoms with E-state index < -0.39 is 142 Å². The first-order chi connectivity index (χ1) is 25.0. The van der Waals surface area contributed by atoms with Crippen LogP contribution in [-0.4, -0.2) is 186 Å². The van der Waals surface area contributed by atoms with Crippen LogP contribution in [0.5, 0.6) is 0 Å². The van der Waals surface area contributed by atoms with Gasteiger partial charge in [-0.05, 0) is 5.56 Å². The molecular weight excluding hydrogens is 716 g/mol. The molecule has 1 aromatic carbocycles. The normalized spacial score (nSPS) is 38.7. The van der Waals surface area contributed by atoms with E-state index in [0.29, 0.717) is 0 Å². The Kier molecular flexibility index (Phi) is 15.0. The van der Waals surface area contributed by atoms with Gasteiger partial charge in [0.05, 0.1) is 38.6 Å². The topological polar surface area (TPSA) is 333 Å². The average molecular weight is 765 g/mol. The van der Waals surface area contributed by atoms with E-state index in [0.717, 1.165) is 12.5 Å². The molecule has 0 radical (unpaired) electrons. The number of nitrogens with one attached hydrogen (secondary N) is 2. The lowest BCUT2D eigenvalue weighted by Gasteiger charge is -2.48. The molecule has 4 rings (SSSR count). The third-order valence-electron chi connectivity index (χ3n) is 9.11. The quantitative estimate of drug-likeness (QED) is 0.0791. The number of aliphatic hydroxyl groups excluding tert-OH is 9. The molecule has 12 N–H and O–H groups in total. The second-order valence-corrected chi connectivity index (χ2v) is 13.0. The summed E-state index contributed by atoms with van der Waals surface area (Å²) in [7, 11) is 0. The van der Waals surface area contributed by atoms with Gasteiger partial charge >= 0.3 is 5.97 Å². The van der Waals surface area contributed by atoms with E-state index in [2.05, 4.69) is 10.6 Å². The van der Waals surface area contributed by atoms with Crippen LogP contribution in [-0.2, 0) is 49.4 Å². The number of carboxylic acids is 1. The number of carbonyl (C=O) groups is 3. The third kappa shape index (κ3) is 10.0. The van der Waals surface area contributed by atoms with E-state index in [1.807, 2.05) is 0 Å². The fraction of sp³-hybridized carbons (Fsp3) is 0.719. The van der Waals surface area contributed by atoms with Gasteiger partial charge in [0.15, 0.2) is 12.6 Å². The molecule has 0 bridgehead atoms. The molecule has 1 aromatic rings. The molecule has 3 heterocycles. The molecule has 0 aliphatic carbocycles. The zero-order valence-corrected chi connectivity index (χ0v) is 28.7. The number of hydrogen-bond acceptors (Lipinski definition) is 18. The third-order valence-corrected chi connectivity index (χ3v) is 9.11. The maximum absolute atomic E-state index is 12.6. The van der Waals surface area contributed by atoms with Crippen LogP contribution in [0.2, 0.25) is 0 Å². The first-order valence-corrected chi connectivity index (χ1v) is 16.7. The predicted molar refractivity (Wildman–Crippen MR) is 171 cm³/mol. The van der Waals surface area contributed by atoms with E-state index in [-0.39, 0.29) is 6.61 Å². The highest BCUT2D eigenvalue weighted by Crippen LogP contribution is 2.35. The molecule has 16 atom stereocenters. The summed E-state index contributed by atoms with van der Waals surface area (Å²) < 4.78 is 34.2. The van der Waals surface area contributed by atoms with Crippen molar-refractivity contribution in [2.75, 3.05) is 19.8 Å². The lowest BCUT2D eigenvalue weighted by atomic mass is 9.88. The molecule has 300 valence electrons. The van der Waals surface area contributed by atoms with E-state index in [1.165, 1.54) is 6.92 Å². The Hall–Kier alpha value is -2.97. The van der Waals surface area contributed by atoms with Crippen molar-refractivity contribution in [3.8, 4) is 0 Å². The van der Waals surface area contributed by atoms with Crippen molar-refractivity contribution >= 4 is 17.8 Å². The molecule has 0 unspecified atom stereocenters. The Morgan fingerprint density at radius 2 is 1.49 bits per heavy atom. The van der Waals surface area contributed by atoms with Crippen LogP contribution in [0.3, 0.4) is 0 Å². The number of ether oxygens (including phenoxy) is 6. The van der Waals surface area contributed by atoms with Crippen LogP contribution in [0.25, 0.3) is 0 Å². The van der Waals surface area contributed by atoms with Crippen molar-refractivity contribution in [2.45, 2.75) is 124 Å². The number of aliphatic hydroxyl groups is 9. The molecule has 0 aromatic heterocycles. The number of carboxylic acid groups (broad SMARTS) is 1. The predicted octanol–water partition coefficient (Wildman–Crippen LogP) is -5.86. The number of hydrogen-bond donors (Lipinski definition) is 12. The first-order valence-electron chi connectivity index (χ1n) is 16.7. The van der Waals surface area contributed by atoms with Crippen molar-refractivity contribution in [3.05, 3.63) is 35.9 Å². The highest BCUT2D eigenvalue weighted by molar-refractivity contribution is 5.76. The summed E-state index contributed by atoms with van der Waals surface area (Å²) in [4.78, 5) is 36.4. The first kappa shape index (κ1) is 42.8. The van der Waals surface area contributed by atoms with Gasteiger partial charge < -0.3 is 90.1 Å². The molecule has 2 amide bonds. The van der Waals surface area contributed by atoms with E-state index >= 15 is 0 Å². The lowest BCUT2D eigenvalue weighted by molar-refractivity contribution is -0.360. The Bertz CT molecular complexity index is 1360. The van der Waals surface area contributed by atoms with Crippen LogP contribution in [0.15, 0.2) is 30.3 Å². The van der Waals surface area contributed by atoms with Gasteiger partial charge in [0, 0.05) is 20.3 Å². The van der Waals surface area contributed by atoms with Gasteiger partial charge in [-0.15, -0.1) is 0 Å². The smallest absolute Gasteiger partial charge is 0.364 e. The summed E-state index contributed by atoms with van der Waals surface area (Å²) in [6.45, 7) is -0.535. The molecule has 0 spiro atoms. The second-order valence-electron chi connectivity index (χ2n) is 13.0. The van der Waals surface area contributed by atoms with Crippen molar-refractivity contribution in [1.29, 1.82) is 0 Å².